The number of rotatable bonds is 8. The van der Waals surface area contributed by atoms with E-state index in [1.807, 2.05) is 60.7 Å². The molecule has 2 aromatic rings. The topological polar surface area (TPSA) is 83.9 Å². The molecule has 1 aliphatic rings. The number of carbonyl (C=O) groups excluding carboxylic acids is 2. The predicted molar refractivity (Wildman–Crippen MR) is 107 cm³/mol. The van der Waals surface area contributed by atoms with Gasteiger partial charge in [-0.2, -0.15) is 0 Å². The molecule has 0 spiro atoms. The summed E-state index contributed by atoms with van der Waals surface area (Å²) in [4.78, 5) is 38.0. The second-order valence-electron chi connectivity index (χ2n) is 6.97. The van der Waals surface area contributed by atoms with E-state index in [1.54, 1.807) is 0 Å². The van der Waals surface area contributed by atoms with E-state index >= 15 is 0 Å². The summed E-state index contributed by atoms with van der Waals surface area (Å²) < 4.78 is 5.25. The number of carboxylic acid groups (broad SMARTS) is 1. The van der Waals surface area contributed by atoms with E-state index in [0.29, 0.717) is 0 Å². The van der Waals surface area contributed by atoms with Crippen molar-refractivity contribution in [3.63, 3.8) is 0 Å². The summed E-state index contributed by atoms with van der Waals surface area (Å²) in [6.07, 6.45) is 0.552. The zero-order valence-electron chi connectivity index (χ0n) is 15.9. The first-order valence-electron chi connectivity index (χ1n) is 9.45. The quantitative estimate of drug-likeness (QED) is 0.689. The van der Waals surface area contributed by atoms with Gasteiger partial charge in [0.05, 0.1) is 18.4 Å². The van der Waals surface area contributed by atoms with E-state index in [2.05, 4.69) is 6.58 Å². The lowest BCUT2D eigenvalue weighted by Gasteiger charge is -2.30. The summed E-state index contributed by atoms with van der Waals surface area (Å²) in [6.45, 7) is 3.65. The van der Waals surface area contributed by atoms with Crippen molar-refractivity contribution < 1.29 is 24.2 Å². The normalized spacial score (nSPS) is 17.1. The predicted octanol–water partition coefficient (Wildman–Crippen LogP) is 3.83. The van der Waals surface area contributed by atoms with Gasteiger partial charge in [-0.3, -0.25) is 9.59 Å². The largest absolute Gasteiger partial charge is 0.481 e. The molecule has 3 rings (SSSR count). The van der Waals surface area contributed by atoms with Gasteiger partial charge in [0.25, 0.3) is 0 Å². The molecule has 6 nitrogen and oxygen atoms in total. The molecule has 6 heteroatoms. The average molecular weight is 393 g/mol. The van der Waals surface area contributed by atoms with Crippen LogP contribution in [0.5, 0.6) is 0 Å². The highest BCUT2D eigenvalue weighted by Gasteiger charge is 2.45. The molecule has 1 aliphatic heterocycles. The van der Waals surface area contributed by atoms with Gasteiger partial charge < -0.3 is 9.84 Å². The number of carbonyl (C=O) groups is 3. The van der Waals surface area contributed by atoms with Crippen molar-refractivity contribution in [2.75, 3.05) is 6.61 Å². The fourth-order valence-corrected chi connectivity index (χ4v) is 3.77. The lowest BCUT2D eigenvalue weighted by atomic mass is 9.84. The van der Waals surface area contributed by atoms with E-state index < -0.39 is 29.9 Å². The van der Waals surface area contributed by atoms with Crippen molar-refractivity contribution in [2.24, 2.45) is 5.92 Å². The van der Waals surface area contributed by atoms with Gasteiger partial charge in [-0.15, -0.1) is 6.58 Å². The van der Waals surface area contributed by atoms with Crippen LogP contribution in [0.25, 0.3) is 0 Å². The third-order valence-corrected chi connectivity index (χ3v) is 5.07. The molecule has 2 aromatic carbocycles. The summed E-state index contributed by atoms with van der Waals surface area (Å²) in [5.74, 6) is -2.80. The van der Waals surface area contributed by atoms with Crippen molar-refractivity contribution in [1.29, 1.82) is 0 Å². The maximum Gasteiger partial charge on any atom is 0.417 e. The zero-order chi connectivity index (χ0) is 20.8. The Morgan fingerprint density at radius 2 is 1.66 bits per heavy atom. The van der Waals surface area contributed by atoms with E-state index in [1.165, 1.54) is 6.08 Å². The summed E-state index contributed by atoms with van der Waals surface area (Å²) in [6, 6.07) is 18.6. The van der Waals surface area contributed by atoms with Crippen molar-refractivity contribution in [3.8, 4) is 0 Å². The molecule has 0 bridgehead atoms. The summed E-state index contributed by atoms with van der Waals surface area (Å²) in [5, 5.41) is 9.18. The Morgan fingerprint density at radius 1 is 1.10 bits per heavy atom. The molecular weight excluding hydrogens is 370 g/mol. The lowest BCUT2D eigenvalue weighted by molar-refractivity contribution is -0.143. The Bertz CT molecular complexity index is 841. The molecule has 1 heterocycles. The minimum Gasteiger partial charge on any atom is -0.481 e. The van der Waals surface area contributed by atoms with Crippen LogP contribution in [0.2, 0.25) is 0 Å². The van der Waals surface area contributed by atoms with Gasteiger partial charge in [-0.1, -0.05) is 66.7 Å². The highest BCUT2D eigenvalue weighted by molar-refractivity contribution is 5.96. The number of hydrogen-bond acceptors (Lipinski definition) is 4. The SMILES string of the molecule is C=CC[C@H](CC(=O)O)C(=O)N1C(=O)OC[C@H]1C(c1ccccc1)c1ccccc1. The van der Waals surface area contributed by atoms with Crippen molar-refractivity contribution in [1.82, 2.24) is 4.90 Å². The van der Waals surface area contributed by atoms with Crippen LogP contribution in [0, 0.1) is 5.92 Å². The molecule has 0 radical (unpaired) electrons. The van der Waals surface area contributed by atoms with E-state index in [-0.39, 0.29) is 25.4 Å². The zero-order valence-corrected chi connectivity index (χ0v) is 15.9. The van der Waals surface area contributed by atoms with E-state index in [4.69, 9.17) is 4.74 Å². The molecule has 0 aromatic heterocycles. The first-order valence-corrected chi connectivity index (χ1v) is 9.45. The van der Waals surface area contributed by atoms with Crippen LogP contribution >= 0.6 is 0 Å². The number of amides is 2. The number of allylic oxidation sites excluding steroid dienone is 1. The van der Waals surface area contributed by atoms with E-state index in [9.17, 15) is 19.5 Å². The number of ether oxygens (including phenoxy) is 1. The van der Waals surface area contributed by atoms with Crippen LogP contribution in [0.4, 0.5) is 4.79 Å². The fourth-order valence-electron chi connectivity index (χ4n) is 3.77. The molecule has 1 fully saturated rings. The van der Waals surface area contributed by atoms with Crippen molar-refractivity contribution in [3.05, 3.63) is 84.4 Å². The first kappa shape index (κ1) is 20.3. The van der Waals surface area contributed by atoms with Gasteiger partial charge in [0.2, 0.25) is 5.91 Å². The fraction of sp³-hybridized carbons (Fsp3) is 0.261. The second kappa shape index (κ2) is 9.19. The van der Waals surface area contributed by atoms with Gasteiger partial charge >= 0.3 is 12.1 Å². The molecular formula is C23H23NO5. The second-order valence-corrected chi connectivity index (χ2v) is 6.97. The summed E-state index contributed by atoms with van der Waals surface area (Å²) in [5.41, 5.74) is 1.89. The average Bonchev–Trinajstić information content (AvgIpc) is 3.09. The maximum atomic E-state index is 13.2. The minimum atomic E-state index is -1.10. The molecule has 0 saturated carbocycles. The van der Waals surface area contributed by atoms with Gasteiger partial charge in [-0.05, 0) is 17.5 Å². The Labute approximate surface area is 169 Å². The molecule has 0 unspecified atom stereocenters. The third kappa shape index (κ3) is 4.54. The highest BCUT2D eigenvalue weighted by Crippen LogP contribution is 2.35. The van der Waals surface area contributed by atoms with Crippen molar-refractivity contribution in [2.45, 2.75) is 24.8 Å². The number of benzene rings is 2. The Morgan fingerprint density at radius 3 is 2.14 bits per heavy atom. The first-order chi connectivity index (χ1) is 14.0. The Balaban J connectivity index is 2.00. The minimum absolute atomic E-state index is 0.0485. The van der Waals surface area contributed by atoms with Crippen LogP contribution in [-0.2, 0) is 14.3 Å². The smallest absolute Gasteiger partial charge is 0.417 e. The maximum absolute atomic E-state index is 13.2. The molecule has 1 N–H and O–H groups in total. The molecule has 150 valence electrons. The standard InChI is InChI=1S/C23H23NO5/c1-2-9-18(14-20(25)26)22(27)24-19(15-29-23(24)28)21(16-10-5-3-6-11-16)17-12-7-4-8-13-17/h2-8,10-13,18-19,21H,1,9,14-15H2,(H,25,26)/t18-,19+/m1/s1. The van der Waals surface area contributed by atoms with Crippen LogP contribution < -0.4 is 0 Å². The molecule has 29 heavy (non-hydrogen) atoms. The molecule has 2 atom stereocenters. The summed E-state index contributed by atoms with van der Waals surface area (Å²) >= 11 is 0. The highest BCUT2D eigenvalue weighted by atomic mass is 16.6. The monoisotopic (exact) mass is 393 g/mol. The van der Waals surface area contributed by atoms with E-state index in [0.717, 1.165) is 16.0 Å². The number of imide groups is 1. The van der Waals surface area contributed by atoms with Crippen molar-refractivity contribution >= 4 is 18.0 Å². The van der Waals surface area contributed by atoms with Gasteiger partial charge in [-0.25, -0.2) is 9.69 Å². The molecule has 2 amide bonds. The van der Waals surface area contributed by atoms with Gasteiger partial charge in [0, 0.05) is 5.92 Å². The molecule has 1 saturated heterocycles. The Kier molecular flexibility index (Phi) is 6.44. The Hall–Kier alpha value is -3.41. The number of hydrogen-bond donors (Lipinski definition) is 1. The van der Waals surface area contributed by atoms with Crippen LogP contribution in [0.1, 0.15) is 29.9 Å². The van der Waals surface area contributed by atoms with Crippen LogP contribution in [-0.4, -0.2) is 40.6 Å². The number of nitrogens with zero attached hydrogens (tertiary/aromatic N) is 1. The number of carboxylic acids is 1. The number of cyclic esters (lactones) is 1. The van der Waals surface area contributed by atoms with Crippen LogP contribution in [0.15, 0.2) is 73.3 Å². The van der Waals surface area contributed by atoms with Gasteiger partial charge in [0.15, 0.2) is 0 Å². The summed E-state index contributed by atoms with van der Waals surface area (Å²) in [7, 11) is 0. The van der Waals surface area contributed by atoms with Gasteiger partial charge in [0.1, 0.15) is 6.61 Å². The lowest BCUT2D eigenvalue weighted by Crippen LogP contribution is -2.46. The van der Waals surface area contributed by atoms with Crippen LogP contribution in [0.3, 0.4) is 0 Å². The molecule has 0 aliphatic carbocycles. The number of aliphatic carboxylic acids is 1. The third-order valence-electron chi connectivity index (χ3n) is 5.07.